The maximum Gasteiger partial charge on any atom is 0.193 e. The van der Waals surface area contributed by atoms with Gasteiger partial charge in [-0.2, -0.15) is 0 Å². The largest absolute Gasteiger partial charge is 0.507 e. The summed E-state index contributed by atoms with van der Waals surface area (Å²) in [6, 6.07) is 10.8. The maximum absolute atomic E-state index is 12.9. The lowest BCUT2D eigenvalue weighted by atomic mass is 10.0. The fraction of sp³-hybridized carbons (Fsp3) is 0.172. The molecule has 0 aliphatic carbocycles. The van der Waals surface area contributed by atoms with E-state index in [-0.39, 0.29) is 34.1 Å². The Morgan fingerprint density at radius 3 is 1.53 bits per heavy atom. The van der Waals surface area contributed by atoms with Crippen molar-refractivity contribution in [3.05, 3.63) is 76.9 Å². The molecular formula is C29H28O9. The van der Waals surface area contributed by atoms with Crippen LogP contribution in [0.2, 0.25) is 0 Å². The van der Waals surface area contributed by atoms with Crippen molar-refractivity contribution in [1.82, 2.24) is 0 Å². The molecule has 3 rings (SSSR count). The van der Waals surface area contributed by atoms with E-state index in [0.717, 1.165) is 0 Å². The fourth-order valence-electron chi connectivity index (χ4n) is 3.70. The summed E-state index contributed by atoms with van der Waals surface area (Å²) in [7, 11) is 7.14. The number of phenolic OH excluding ortho intramolecular Hbond substituents is 2. The van der Waals surface area contributed by atoms with E-state index in [1.165, 1.54) is 78.0 Å². The highest BCUT2D eigenvalue weighted by Crippen LogP contribution is 2.35. The lowest BCUT2D eigenvalue weighted by molar-refractivity contribution is 0.103. The van der Waals surface area contributed by atoms with E-state index in [2.05, 4.69) is 0 Å². The Hall–Kier alpha value is -4.92. The van der Waals surface area contributed by atoms with Gasteiger partial charge in [-0.15, -0.1) is 0 Å². The first-order valence-corrected chi connectivity index (χ1v) is 11.3. The van der Waals surface area contributed by atoms with Crippen LogP contribution >= 0.6 is 0 Å². The minimum Gasteiger partial charge on any atom is -0.507 e. The molecule has 0 aliphatic heterocycles. The molecule has 198 valence electrons. The van der Waals surface area contributed by atoms with Gasteiger partial charge in [-0.1, -0.05) is 12.1 Å². The molecule has 0 atom stereocenters. The predicted octanol–water partition coefficient (Wildman–Crippen LogP) is 4.93. The molecule has 3 aromatic rings. The Balaban J connectivity index is 1.90. The number of benzene rings is 3. The normalized spacial score (nSPS) is 11.0. The number of phenols is 2. The van der Waals surface area contributed by atoms with Gasteiger partial charge in [-0.05, 0) is 35.9 Å². The van der Waals surface area contributed by atoms with Crippen LogP contribution in [0, 0.1) is 0 Å². The molecule has 0 bridgehead atoms. The van der Waals surface area contributed by atoms with E-state index in [4.69, 9.17) is 23.7 Å². The lowest BCUT2D eigenvalue weighted by Crippen LogP contribution is -2.01. The van der Waals surface area contributed by atoms with Crippen molar-refractivity contribution in [2.45, 2.75) is 0 Å². The van der Waals surface area contributed by atoms with Gasteiger partial charge >= 0.3 is 0 Å². The highest BCUT2D eigenvalue weighted by Gasteiger charge is 2.19. The molecule has 0 aliphatic rings. The fourth-order valence-corrected chi connectivity index (χ4v) is 3.70. The number of ketones is 2. The van der Waals surface area contributed by atoms with Gasteiger partial charge < -0.3 is 33.9 Å². The van der Waals surface area contributed by atoms with Gasteiger partial charge in [0, 0.05) is 29.8 Å². The molecule has 9 heteroatoms. The molecule has 38 heavy (non-hydrogen) atoms. The number of carbonyl (C=O) groups is 2. The molecule has 0 amide bonds. The van der Waals surface area contributed by atoms with E-state index in [0.29, 0.717) is 28.4 Å². The number of aromatic hydroxyl groups is 2. The molecular weight excluding hydrogens is 492 g/mol. The molecule has 0 fully saturated rings. The number of allylic oxidation sites excluding steroid dienone is 2. The summed E-state index contributed by atoms with van der Waals surface area (Å²) in [5.41, 5.74) is 1.16. The van der Waals surface area contributed by atoms with Gasteiger partial charge in [-0.3, -0.25) is 9.59 Å². The Morgan fingerprint density at radius 2 is 1.08 bits per heavy atom. The first-order chi connectivity index (χ1) is 18.3. The number of carbonyl (C=O) groups excluding carboxylic acids is 2. The van der Waals surface area contributed by atoms with E-state index >= 15 is 0 Å². The zero-order chi connectivity index (χ0) is 27.8. The minimum absolute atomic E-state index is 0.00276. The minimum atomic E-state index is -0.498. The topological polar surface area (TPSA) is 121 Å². The van der Waals surface area contributed by atoms with Crippen LogP contribution in [-0.2, 0) is 0 Å². The quantitative estimate of drug-likeness (QED) is 0.268. The monoisotopic (exact) mass is 520 g/mol. The molecule has 0 saturated heterocycles. The third-order valence-corrected chi connectivity index (χ3v) is 5.61. The molecule has 0 saturated carbocycles. The van der Waals surface area contributed by atoms with E-state index in [1.807, 2.05) is 0 Å². The Kier molecular flexibility index (Phi) is 8.99. The Bertz CT molecular complexity index is 1400. The average Bonchev–Trinajstić information content (AvgIpc) is 2.93. The third-order valence-electron chi connectivity index (χ3n) is 5.61. The SMILES string of the molecule is COc1cc(O)c(C(=O)C=Cc2ccc(OC)c(C=CC(=O)c3c(O)cc(OC)cc3OC)c2)c(OC)c1. The average molecular weight is 521 g/mol. The summed E-state index contributed by atoms with van der Waals surface area (Å²) < 4.78 is 26.1. The first kappa shape index (κ1) is 27.7. The number of hydrogen-bond donors (Lipinski definition) is 2. The van der Waals surface area contributed by atoms with Crippen molar-refractivity contribution >= 4 is 23.7 Å². The summed E-state index contributed by atoms with van der Waals surface area (Å²) in [5.74, 6) is -0.0216. The summed E-state index contributed by atoms with van der Waals surface area (Å²) in [6.07, 6.45) is 5.66. The Morgan fingerprint density at radius 1 is 0.605 bits per heavy atom. The second-order valence-corrected chi connectivity index (χ2v) is 7.84. The number of rotatable bonds is 11. The van der Waals surface area contributed by atoms with Crippen molar-refractivity contribution < 1.29 is 43.5 Å². The molecule has 0 unspecified atom stereocenters. The standard InChI is InChI=1S/C29H28O9/c1-34-19-13-23(32)28(26(15-19)37-4)21(30)9-6-17-7-11-25(36-3)18(12-17)8-10-22(31)29-24(33)14-20(35-2)16-27(29)38-5/h6-16,32-33H,1-5H3. The van der Waals surface area contributed by atoms with Crippen molar-refractivity contribution in [1.29, 1.82) is 0 Å². The zero-order valence-electron chi connectivity index (χ0n) is 21.6. The summed E-state index contributed by atoms with van der Waals surface area (Å²) in [6.45, 7) is 0. The number of methoxy groups -OCH3 is 5. The molecule has 3 aromatic carbocycles. The molecule has 0 radical (unpaired) electrons. The van der Waals surface area contributed by atoms with Crippen LogP contribution in [0.5, 0.6) is 40.2 Å². The zero-order valence-corrected chi connectivity index (χ0v) is 21.6. The highest BCUT2D eigenvalue weighted by atomic mass is 16.5. The van der Waals surface area contributed by atoms with Crippen molar-refractivity contribution in [2.75, 3.05) is 35.5 Å². The van der Waals surface area contributed by atoms with Gasteiger partial charge in [-0.25, -0.2) is 0 Å². The van der Waals surface area contributed by atoms with Crippen LogP contribution in [0.25, 0.3) is 12.2 Å². The second-order valence-electron chi connectivity index (χ2n) is 7.84. The van der Waals surface area contributed by atoms with Gasteiger partial charge in [0.05, 0.1) is 35.5 Å². The molecule has 2 N–H and O–H groups in total. The maximum atomic E-state index is 12.9. The highest BCUT2D eigenvalue weighted by molar-refractivity contribution is 6.11. The second kappa shape index (κ2) is 12.4. The predicted molar refractivity (Wildman–Crippen MR) is 142 cm³/mol. The number of ether oxygens (including phenoxy) is 5. The summed E-state index contributed by atoms with van der Waals surface area (Å²) in [4.78, 5) is 25.7. The van der Waals surface area contributed by atoms with Crippen LogP contribution in [0.1, 0.15) is 31.8 Å². The van der Waals surface area contributed by atoms with Gasteiger partial charge in [0.25, 0.3) is 0 Å². The lowest BCUT2D eigenvalue weighted by Gasteiger charge is -2.11. The van der Waals surface area contributed by atoms with Crippen LogP contribution in [0.3, 0.4) is 0 Å². The van der Waals surface area contributed by atoms with Crippen LogP contribution < -0.4 is 23.7 Å². The third kappa shape index (κ3) is 6.07. The van der Waals surface area contributed by atoms with Crippen LogP contribution in [0.4, 0.5) is 0 Å². The molecule has 0 heterocycles. The summed E-state index contributed by atoms with van der Waals surface area (Å²) in [5, 5.41) is 20.6. The Labute approximate surface area is 220 Å². The van der Waals surface area contributed by atoms with Gasteiger partial charge in [0.2, 0.25) is 0 Å². The van der Waals surface area contributed by atoms with E-state index in [9.17, 15) is 19.8 Å². The van der Waals surface area contributed by atoms with Crippen LogP contribution in [-0.4, -0.2) is 57.3 Å². The van der Waals surface area contributed by atoms with Crippen molar-refractivity contribution in [3.8, 4) is 40.2 Å². The summed E-state index contributed by atoms with van der Waals surface area (Å²) >= 11 is 0. The van der Waals surface area contributed by atoms with Crippen LogP contribution in [0.15, 0.2) is 54.6 Å². The molecule has 0 aromatic heterocycles. The van der Waals surface area contributed by atoms with Crippen molar-refractivity contribution in [2.24, 2.45) is 0 Å². The van der Waals surface area contributed by atoms with Crippen molar-refractivity contribution in [3.63, 3.8) is 0 Å². The molecule has 9 nitrogen and oxygen atoms in total. The van der Waals surface area contributed by atoms with E-state index in [1.54, 1.807) is 24.3 Å². The van der Waals surface area contributed by atoms with E-state index < -0.39 is 11.6 Å². The van der Waals surface area contributed by atoms with Gasteiger partial charge in [0.15, 0.2) is 11.6 Å². The van der Waals surface area contributed by atoms with Gasteiger partial charge in [0.1, 0.15) is 51.4 Å². The first-order valence-electron chi connectivity index (χ1n) is 11.3. The molecule has 0 spiro atoms. The smallest absolute Gasteiger partial charge is 0.193 e. The number of hydrogen-bond acceptors (Lipinski definition) is 9.